The maximum absolute atomic E-state index is 14.2. The van der Waals surface area contributed by atoms with Gasteiger partial charge in [-0.3, -0.25) is 9.59 Å². The Hall–Kier alpha value is -3.75. The Balaban J connectivity index is 2.52. The lowest BCUT2D eigenvalue weighted by atomic mass is 9.98. The fourth-order valence-corrected chi connectivity index (χ4v) is 4.13. The van der Waals surface area contributed by atoms with E-state index in [9.17, 15) is 24.6 Å². The Morgan fingerprint density at radius 2 is 1.67 bits per heavy atom. The number of phenols is 2. The normalized spacial score (nSPS) is 12.8. The highest BCUT2D eigenvalue weighted by Crippen LogP contribution is 2.28. The average Bonchev–Trinajstić information content (AvgIpc) is 2.85. The van der Waals surface area contributed by atoms with Crippen LogP contribution < -0.4 is 10.6 Å². The molecule has 0 aliphatic heterocycles. The van der Waals surface area contributed by atoms with E-state index in [1.807, 2.05) is 13.8 Å². The zero-order valence-corrected chi connectivity index (χ0v) is 23.9. The summed E-state index contributed by atoms with van der Waals surface area (Å²) in [6.07, 6.45) is 1.63. The number of benzene rings is 2. The van der Waals surface area contributed by atoms with Crippen LogP contribution in [0.2, 0.25) is 0 Å². The molecular formula is C30H43N3O6. The number of aryl methyl sites for hydroxylation is 1. The highest BCUT2D eigenvalue weighted by atomic mass is 16.6. The van der Waals surface area contributed by atoms with Gasteiger partial charge in [-0.05, 0) is 81.5 Å². The van der Waals surface area contributed by atoms with E-state index in [2.05, 4.69) is 10.6 Å². The molecule has 2 unspecified atom stereocenters. The fourth-order valence-electron chi connectivity index (χ4n) is 4.13. The lowest BCUT2D eigenvalue weighted by Gasteiger charge is -2.34. The van der Waals surface area contributed by atoms with Gasteiger partial charge in [-0.1, -0.05) is 38.5 Å². The molecule has 0 radical (unpaired) electrons. The molecule has 0 aliphatic rings. The first-order chi connectivity index (χ1) is 18.4. The minimum Gasteiger partial charge on any atom is -0.508 e. The second-order valence-electron chi connectivity index (χ2n) is 10.7. The minimum absolute atomic E-state index is 0.0841. The molecule has 0 fully saturated rings. The van der Waals surface area contributed by atoms with E-state index < -0.39 is 29.7 Å². The lowest BCUT2D eigenvalue weighted by Crippen LogP contribution is -2.54. The number of alkyl carbamates (subject to hydrolysis) is 1. The number of aromatic hydroxyl groups is 2. The summed E-state index contributed by atoms with van der Waals surface area (Å²) in [5.74, 6) is -0.608. The molecule has 2 rings (SSSR count). The Morgan fingerprint density at radius 1 is 1.00 bits per heavy atom. The molecule has 2 aromatic rings. The quantitative estimate of drug-likeness (QED) is 0.288. The van der Waals surface area contributed by atoms with Crippen LogP contribution >= 0.6 is 0 Å². The topological polar surface area (TPSA) is 128 Å². The number of hydrogen-bond donors (Lipinski definition) is 4. The van der Waals surface area contributed by atoms with E-state index in [0.717, 1.165) is 12.8 Å². The van der Waals surface area contributed by atoms with Crippen molar-refractivity contribution in [2.24, 2.45) is 0 Å². The number of unbranched alkanes of at least 4 members (excludes halogenated alkanes) is 1. The van der Waals surface area contributed by atoms with Crippen molar-refractivity contribution >= 4 is 17.9 Å². The van der Waals surface area contributed by atoms with Crippen LogP contribution in [0, 0.1) is 6.92 Å². The van der Waals surface area contributed by atoms with E-state index >= 15 is 0 Å². The summed E-state index contributed by atoms with van der Waals surface area (Å²) >= 11 is 0. The molecule has 9 nitrogen and oxygen atoms in total. The lowest BCUT2D eigenvalue weighted by molar-refractivity contribution is -0.142. The molecule has 2 atom stereocenters. The first kappa shape index (κ1) is 31.5. The molecule has 0 heterocycles. The van der Waals surface area contributed by atoms with Crippen LogP contribution in [-0.4, -0.2) is 57.8 Å². The summed E-state index contributed by atoms with van der Waals surface area (Å²) in [5.41, 5.74) is 1.07. The van der Waals surface area contributed by atoms with Gasteiger partial charge in [0.25, 0.3) is 0 Å². The van der Waals surface area contributed by atoms with Crippen LogP contribution in [0.1, 0.15) is 76.6 Å². The number of nitrogens with zero attached hydrogens (tertiary/aromatic N) is 1. The van der Waals surface area contributed by atoms with Gasteiger partial charge in [-0.15, -0.1) is 0 Å². The van der Waals surface area contributed by atoms with E-state index in [4.69, 9.17) is 4.74 Å². The van der Waals surface area contributed by atoms with Crippen LogP contribution in [0.3, 0.4) is 0 Å². The van der Waals surface area contributed by atoms with Gasteiger partial charge in [0.15, 0.2) is 0 Å². The minimum atomic E-state index is -1.04. The maximum Gasteiger partial charge on any atom is 0.408 e. The van der Waals surface area contributed by atoms with Crippen LogP contribution in [0.5, 0.6) is 11.5 Å². The molecule has 0 bridgehead atoms. The predicted octanol–water partition coefficient (Wildman–Crippen LogP) is 4.74. The average molecular weight is 542 g/mol. The molecule has 0 saturated carbocycles. The molecule has 2 aromatic carbocycles. The number of ether oxygens (including phenoxy) is 1. The van der Waals surface area contributed by atoms with Crippen LogP contribution in [0.4, 0.5) is 4.79 Å². The largest absolute Gasteiger partial charge is 0.508 e. The molecule has 4 N–H and O–H groups in total. The maximum atomic E-state index is 14.2. The van der Waals surface area contributed by atoms with Gasteiger partial charge in [0, 0.05) is 19.5 Å². The Kier molecular flexibility index (Phi) is 11.6. The molecule has 9 heteroatoms. The second-order valence-corrected chi connectivity index (χ2v) is 10.7. The standard InChI is InChI=1S/C30H43N3O6/c1-7-9-16-31-27(36)26(22-12-15-25(35)20(3)18-22)33(17-8-2)28(37)24(32-29(38)39-30(4,5)6)19-21-10-13-23(34)14-11-21/h10-15,18,24,26,34-35H,7-9,16-17,19H2,1-6H3,(H,31,36)(H,32,38). The number of hydrogen-bond acceptors (Lipinski definition) is 6. The van der Waals surface area contributed by atoms with Gasteiger partial charge in [-0.2, -0.15) is 0 Å². The van der Waals surface area contributed by atoms with Crippen molar-refractivity contribution in [1.29, 1.82) is 0 Å². The van der Waals surface area contributed by atoms with E-state index in [0.29, 0.717) is 29.7 Å². The first-order valence-electron chi connectivity index (χ1n) is 13.5. The highest BCUT2D eigenvalue weighted by molar-refractivity contribution is 5.92. The van der Waals surface area contributed by atoms with Gasteiger partial charge < -0.3 is 30.5 Å². The molecule has 214 valence electrons. The van der Waals surface area contributed by atoms with Crippen LogP contribution in [-0.2, 0) is 20.7 Å². The number of carbonyl (C=O) groups excluding carboxylic acids is 3. The first-order valence-corrected chi connectivity index (χ1v) is 13.5. The smallest absolute Gasteiger partial charge is 0.408 e. The van der Waals surface area contributed by atoms with Gasteiger partial charge in [0.2, 0.25) is 11.8 Å². The summed E-state index contributed by atoms with van der Waals surface area (Å²) < 4.78 is 5.43. The molecule has 0 saturated heterocycles. The van der Waals surface area contributed by atoms with Gasteiger partial charge in [0.1, 0.15) is 29.2 Å². The third kappa shape index (κ3) is 9.81. The van der Waals surface area contributed by atoms with Crippen molar-refractivity contribution in [3.8, 4) is 11.5 Å². The molecule has 0 aromatic heterocycles. The van der Waals surface area contributed by atoms with E-state index in [1.165, 1.54) is 23.1 Å². The number of nitrogens with one attached hydrogen (secondary N) is 2. The van der Waals surface area contributed by atoms with Gasteiger partial charge >= 0.3 is 6.09 Å². The summed E-state index contributed by atoms with van der Waals surface area (Å²) in [4.78, 5) is 42.0. The Bertz CT molecular complexity index is 1110. The van der Waals surface area contributed by atoms with Crippen LogP contribution in [0.15, 0.2) is 42.5 Å². The molecule has 3 amide bonds. The van der Waals surface area contributed by atoms with E-state index in [1.54, 1.807) is 52.0 Å². The zero-order chi connectivity index (χ0) is 29.2. The second kappa shape index (κ2) is 14.4. The van der Waals surface area contributed by atoms with Crippen molar-refractivity contribution in [3.63, 3.8) is 0 Å². The molecule has 0 aliphatic carbocycles. The van der Waals surface area contributed by atoms with Crippen molar-refractivity contribution < 1.29 is 29.3 Å². The zero-order valence-electron chi connectivity index (χ0n) is 23.9. The van der Waals surface area contributed by atoms with Gasteiger partial charge in [0.05, 0.1) is 0 Å². The van der Waals surface area contributed by atoms with Gasteiger partial charge in [-0.25, -0.2) is 4.79 Å². The Morgan fingerprint density at radius 3 is 2.23 bits per heavy atom. The summed E-state index contributed by atoms with van der Waals surface area (Å²) in [6.45, 7) is 11.6. The monoisotopic (exact) mass is 541 g/mol. The number of phenolic OH excluding ortho intramolecular Hbond substituents is 2. The fraction of sp³-hybridized carbons (Fsp3) is 0.500. The van der Waals surface area contributed by atoms with Crippen molar-refractivity contribution in [3.05, 3.63) is 59.2 Å². The highest BCUT2D eigenvalue weighted by Gasteiger charge is 2.36. The van der Waals surface area contributed by atoms with Crippen LogP contribution in [0.25, 0.3) is 0 Å². The summed E-state index contributed by atoms with van der Waals surface area (Å²) in [6, 6.07) is 9.21. The molecule has 39 heavy (non-hydrogen) atoms. The number of carbonyl (C=O) groups is 3. The molecular weight excluding hydrogens is 498 g/mol. The number of amides is 3. The number of rotatable bonds is 12. The summed E-state index contributed by atoms with van der Waals surface area (Å²) in [5, 5.41) is 25.4. The third-order valence-corrected chi connectivity index (χ3v) is 6.04. The SMILES string of the molecule is CCCCNC(=O)C(c1ccc(O)c(C)c1)N(CCC)C(=O)C(Cc1ccc(O)cc1)NC(=O)OC(C)(C)C. The van der Waals surface area contributed by atoms with Crippen molar-refractivity contribution in [2.45, 2.75) is 84.9 Å². The predicted molar refractivity (Wildman–Crippen MR) is 150 cm³/mol. The third-order valence-electron chi connectivity index (χ3n) is 6.04. The van der Waals surface area contributed by atoms with Crippen molar-refractivity contribution in [2.75, 3.05) is 13.1 Å². The van der Waals surface area contributed by atoms with E-state index in [-0.39, 0.29) is 30.4 Å². The summed E-state index contributed by atoms with van der Waals surface area (Å²) in [7, 11) is 0. The van der Waals surface area contributed by atoms with Crippen molar-refractivity contribution in [1.82, 2.24) is 15.5 Å². The Labute approximate surface area is 231 Å². The molecule has 0 spiro atoms.